The average Bonchev–Trinajstić information content (AvgIpc) is 2.30. The van der Waals surface area contributed by atoms with Gasteiger partial charge in [0.05, 0.1) is 6.07 Å². The number of fused-ring (bicyclic) bond motifs is 3. The molecule has 0 radical (unpaired) electrons. The van der Waals surface area contributed by atoms with E-state index in [9.17, 15) is 4.79 Å². The van der Waals surface area contributed by atoms with Crippen LogP contribution in [0.3, 0.4) is 0 Å². The first-order chi connectivity index (χ1) is 7.53. The van der Waals surface area contributed by atoms with Crippen LogP contribution in [-0.2, 0) is 4.79 Å². The van der Waals surface area contributed by atoms with Crippen molar-refractivity contribution in [3.8, 4) is 6.07 Å². The smallest absolute Gasteiger partial charge is 0.240 e. The first kappa shape index (κ1) is 11.4. The molecule has 0 aromatic heterocycles. The van der Waals surface area contributed by atoms with Crippen LogP contribution in [0.2, 0.25) is 0 Å². The summed E-state index contributed by atoms with van der Waals surface area (Å²) in [6.07, 6.45) is 2.36. The molecule has 16 heavy (non-hydrogen) atoms. The molecule has 3 aliphatic heterocycles. The first-order valence-corrected chi connectivity index (χ1v) is 5.97. The minimum atomic E-state index is -0.911. The van der Waals surface area contributed by atoms with E-state index >= 15 is 0 Å². The van der Waals surface area contributed by atoms with Gasteiger partial charge in [0.15, 0.2) is 0 Å². The lowest BCUT2D eigenvalue weighted by Gasteiger charge is -2.45. The Morgan fingerprint density at radius 2 is 2.06 bits per heavy atom. The number of piperidine rings is 3. The highest BCUT2D eigenvalue weighted by atomic mass is 16.2. The molecule has 1 atom stereocenters. The van der Waals surface area contributed by atoms with Crippen LogP contribution >= 0.6 is 0 Å². The van der Waals surface area contributed by atoms with Crippen LogP contribution in [0.4, 0.5) is 0 Å². The predicted octanol–water partition coefficient (Wildman–Crippen LogP) is 0.747. The van der Waals surface area contributed by atoms with E-state index in [-0.39, 0.29) is 11.9 Å². The zero-order chi connectivity index (χ0) is 11.8. The molecule has 88 valence electrons. The Hall–Kier alpha value is -1.08. The van der Waals surface area contributed by atoms with Gasteiger partial charge in [-0.1, -0.05) is 0 Å². The molecule has 3 heterocycles. The van der Waals surface area contributed by atoms with Crippen molar-refractivity contribution in [1.29, 1.82) is 5.26 Å². The first-order valence-electron chi connectivity index (χ1n) is 5.97. The van der Waals surface area contributed by atoms with Crippen LogP contribution in [0.5, 0.6) is 0 Å². The maximum Gasteiger partial charge on any atom is 0.240 e. The summed E-state index contributed by atoms with van der Waals surface area (Å²) in [5.74, 6) is 0.484. The normalized spacial score (nSPS) is 33.2. The molecule has 0 aliphatic carbocycles. The number of hydrogen-bond acceptors (Lipinski definition) is 3. The maximum absolute atomic E-state index is 11.9. The topological polar surface area (TPSA) is 56.1 Å². The highest BCUT2D eigenvalue weighted by molar-refractivity contribution is 5.84. The van der Waals surface area contributed by atoms with Gasteiger partial charge in [-0.3, -0.25) is 4.79 Å². The summed E-state index contributed by atoms with van der Waals surface area (Å²) in [6, 6.07) is 2.30. The largest absolute Gasteiger partial charge is 0.350 e. The van der Waals surface area contributed by atoms with Gasteiger partial charge >= 0.3 is 0 Å². The van der Waals surface area contributed by atoms with E-state index in [2.05, 4.69) is 10.2 Å². The number of amides is 1. The minimum absolute atomic E-state index is 0.131. The van der Waals surface area contributed by atoms with Gasteiger partial charge in [-0.05, 0) is 45.7 Å². The van der Waals surface area contributed by atoms with Gasteiger partial charge in [-0.2, -0.15) is 5.26 Å². The van der Waals surface area contributed by atoms with Crippen LogP contribution < -0.4 is 5.32 Å². The minimum Gasteiger partial charge on any atom is -0.350 e. The van der Waals surface area contributed by atoms with Gasteiger partial charge in [0, 0.05) is 12.6 Å². The summed E-state index contributed by atoms with van der Waals surface area (Å²) in [5, 5.41) is 11.9. The molecule has 3 fully saturated rings. The van der Waals surface area contributed by atoms with Crippen molar-refractivity contribution in [2.75, 3.05) is 19.6 Å². The summed E-state index contributed by atoms with van der Waals surface area (Å²) >= 11 is 0. The van der Waals surface area contributed by atoms with Gasteiger partial charge in [-0.25, -0.2) is 0 Å². The van der Waals surface area contributed by atoms with Crippen molar-refractivity contribution in [3.63, 3.8) is 0 Å². The summed E-state index contributed by atoms with van der Waals surface area (Å²) in [4.78, 5) is 14.3. The van der Waals surface area contributed by atoms with Crippen molar-refractivity contribution in [3.05, 3.63) is 0 Å². The van der Waals surface area contributed by atoms with Gasteiger partial charge < -0.3 is 10.2 Å². The Balaban J connectivity index is 1.96. The molecule has 3 saturated heterocycles. The molecular formula is C12H19N3O. The van der Waals surface area contributed by atoms with E-state index in [0.29, 0.717) is 5.92 Å². The van der Waals surface area contributed by atoms with E-state index in [4.69, 9.17) is 5.26 Å². The van der Waals surface area contributed by atoms with Crippen LogP contribution in [0.25, 0.3) is 0 Å². The molecule has 0 saturated carbocycles. The Labute approximate surface area is 96.6 Å². The third-order valence-corrected chi connectivity index (χ3v) is 3.82. The summed E-state index contributed by atoms with van der Waals surface area (Å²) in [5.41, 5.74) is -0.911. The van der Waals surface area contributed by atoms with Crippen molar-refractivity contribution in [2.45, 2.75) is 32.7 Å². The summed E-state index contributed by atoms with van der Waals surface area (Å²) < 4.78 is 0. The fraction of sp³-hybridized carbons (Fsp3) is 0.833. The number of rotatable bonds is 2. The quantitative estimate of drug-likeness (QED) is 0.748. The Kier molecular flexibility index (Phi) is 2.90. The molecule has 1 N–H and O–H groups in total. The van der Waals surface area contributed by atoms with Gasteiger partial charge in [0.25, 0.3) is 0 Å². The third-order valence-electron chi connectivity index (χ3n) is 3.82. The zero-order valence-corrected chi connectivity index (χ0v) is 9.99. The van der Waals surface area contributed by atoms with Crippen LogP contribution in [0, 0.1) is 22.7 Å². The molecule has 2 bridgehead atoms. The average molecular weight is 221 g/mol. The Morgan fingerprint density at radius 1 is 1.44 bits per heavy atom. The van der Waals surface area contributed by atoms with Crippen LogP contribution in [0.1, 0.15) is 26.7 Å². The lowest BCUT2D eigenvalue weighted by Crippen LogP contribution is -2.58. The molecule has 0 aromatic rings. The highest BCUT2D eigenvalue weighted by Gasteiger charge is 2.37. The maximum atomic E-state index is 11.9. The van der Waals surface area contributed by atoms with Crippen LogP contribution in [0.15, 0.2) is 0 Å². The molecule has 4 nitrogen and oxygen atoms in total. The summed E-state index contributed by atoms with van der Waals surface area (Å²) in [7, 11) is 0. The second kappa shape index (κ2) is 4.06. The van der Waals surface area contributed by atoms with Crippen molar-refractivity contribution >= 4 is 5.91 Å². The SMILES string of the molecule is CC(C)(C#N)C(=O)NC1CN2CCC1CC2. The standard InChI is InChI=1S/C12H19N3O/c1-12(2,8-13)11(16)14-10-7-15-5-3-9(10)4-6-15/h9-10H,3-7H2,1-2H3,(H,14,16). The van der Waals surface area contributed by atoms with Gasteiger partial charge in [-0.15, -0.1) is 0 Å². The number of nitrogens with zero attached hydrogens (tertiary/aromatic N) is 2. The lowest BCUT2D eigenvalue weighted by molar-refractivity contribution is -0.128. The predicted molar refractivity (Wildman–Crippen MR) is 60.5 cm³/mol. The number of nitriles is 1. The van der Waals surface area contributed by atoms with E-state index in [1.54, 1.807) is 13.8 Å². The molecule has 1 amide bonds. The molecule has 0 spiro atoms. The number of hydrogen-bond donors (Lipinski definition) is 1. The van der Waals surface area contributed by atoms with Crippen LogP contribution in [-0.4, -0.2) is 36.5 Å². The molecule has 4 heteroatoms. The second-order valence-electron chi connectivity index (χ2n) is 5.45. The van der Waals surface area contributed by atoms with Crippen molar-refractivity contribution in [2.24, 2.45) is 11.3 Å². The summed E-state index contributed by atoms with van der Waals surface area (Å²) in [6.45, 7) is 6.63. The lowest BCUT2D eigenvalue weighted by atomic mass is 9.83. The Bertz CT molecular complexity index is 324. The molecule has 1 unspecified atom stereocenters. The van der Waals surface area contributed by atoms with E-state index in [0.717, 1.165) is 6.54 Å². The molecule has 0 aromatic carbocycles. The van der Waals surface area contributed by atoms with Gasteiger partial charge in [0.2, 0.25) is 5.91 Å². The zero-order valence-electron chi connectivity index (χ0n) is 9.99. The molecular weight excluding hydrogens is 202 g/mol. The third kappa shape index (κ3) is 2.05. The highest BCUT2D eigenvalue weighted by Crippen LogP contribution is 2.28. The fourth-order valence-corrected chi connectivity index (χ4v) is 2.53. The van der Waals surface area contributed by atoms with E-state index in [1.807, 2.05) is 6.07 Å². The Morgan fingerprint density at radius 3 is 2.50 bits per heavy atom. The number of carbonyl (C=O) groups excluding carboxylic acids is 1. The van der Waals surface area contributed by atoms with Crippen molar-refractivity contribution < 1.29 is 4.79 Å². The van der Waals surface area contributed by atoms with E-state index < -0.39 is 5.41 Å². The monoisotopic (exact) mass is 221 g/mol. The number of nitrogens with one attached hydrogen (secondary N) is 1. The second-order valence-corrected chi connectivity index (χ2v) is 5.45. The number of carbonyl (C=O) groups is 1. The fourth-order valence-electron chi connectivity index (χ4n) is 2.53. The molecule has 3 aliphatic rings. The molecule has 3 rings (SSSR count). The van der Waals surface area contributed by atoms with Crippen molar-refractivity contribution in [1.82, 2.24) is 10.2 Å². The van der Waals surface area contributed by atoms with Gasteiger partial charge in [0.1, 0.15) is 5.41 Å². The van der Waals surface area contributed by atoms with E-state index in [1.165, 1.54) is 25.9 Å².